The van der Waals surface area contributed by atoms with E-state index in [1.807, 2.05) is 18.7 Å². The number of imidazole rings is 1. The summed E-state index contributed by atoms with van der Waals surface area (Å²) in [5.74, 6) is 1.10. The summed E-state index contributed by atoms with van der Waals surface area (Å²) in [6.45, 7) is 10.9. The molecule has 124 valence electrons. The Balaban J connectivity index is 1.65. The van der Waals surface area contributed by atoms with Gasteiger partial charge in [0.1, 0.15) is 5.82 Å². The minimum Gasteiger partial charge on any atom is -0.354 e. The maximum atomic E-state index is 4.70. The Morgan fingerprint density at radius 2 is 2.13 bits per heavy atom. The molecule has 0 aromatic carbocycles. The summed E-state index contributed by atoms with van der Waals surface area (Å²) in [6.07, 6.45) is 8.80. The van der Waals surface area contributed by atoms with Crippen molar-refractivity contribution in [3.63, 3.8) is 0 Å². The molecule has 1 saturated heterocycles. The second-order valence-corrected chi connectivity index (χ2v) is 6.60. The highest BCUT2D eigenvalue weighted by Crippen LogP contribution is 2.20. The number of piperazine rings is 1. The van der Waals surface area contributed by atoms with E-state index in [2.05, 4.69) is 52.3 Å². The molecule has 1 fully saturated rings. The van der Waals surface area contributed by atoms with E-state index in [0.717, 1.165) is 32.0 Å². The summed E-state index contributed by atoms with van der Waals surface area (Å²) < 4.78 is 2.06. The van der Waals surface area contributed by atoms with Crippen LogP contribution in [0.3, 0.4) is 0 Å². The molecule has 1 aliphatic heterocycles. The van der Waals surface area contributed by atoms with Crippen molar-refractivity contribution in [1.29, 1.82) is 0 Å². The molecule has 0 spiro atoms. The van der Waals surface area contributed by atoms with Crippen molar-refractivity contribution >= 4 is 5.82 Å². The van der Waals surface area contributed by atoms with Crippen LogP contribution >= 0.6 is 0 Å². The van der Waals surface area contributed by atoms with Crippen molar-refractivity contribution < 1.29 is 0 Å². The predicted octanol–water partition coefficient (Wildman–Crippen LogP) is 2.64. The highest BCUT2D eigenvalue weighted by Gasteiger charge is 2.27. The Morgan fingerprint density at radius 3 is 2.74 bits per heavy atom. The molecule has 0 aliphatic carbocycles. The van der Waals surface area contributed by atoms with Crippen LogP contribution < -0.4 is 4.90 Å². The minimum absolute atomic E-state index is 0.618. The van der Waals surface area contributed by atoms with E-state index in [4.69, 9.17) is 4.98 Å². The molecule has 3 rings (SSSR count). The number of hydrogen-bond acceptors (Lipinski definition) is 4. The van der Waals surface area contributed by atoms with E-state index in [0.29, 0.717) is 12.1 Å². The lowest BCUT2D eigenvalue weighted by Gasteiger charge is -2.43. The number of hydrogen-bond donors (Lipinski definition) is 0. The summed E-state index contributed by atoms with van der Waals surface area (Å²) in [4.78, 5) is 13.8. The zero-order chi connectivity index (χ0) is 16.2. The first kappa shape index (κ1) is 16.0. The predicted molar refractivity (Wildman–Crippen MR) is 93.7 cm³/mol. The molecule has 5 heteroatoms. The summed E-state index contributed by atoms with van der Waals surface area (Å²) in [7, 11) is 0. The van der Waals surface area contributed by atoms with Gasteiger partial charge in [-0.1, -0.05) is 13.0 Å². The van der Waals surface area contributed by atoms with Gasteiger partial charge in [0.25, 0.3) is 0 Å². The first-order valence-electron chi connectivity index (χ1n) is 8.58. The maximum absolute atomic E-state index is 4.70. The second kappa shape index (κ2) is 7.13. The van der Waals surface area contributed by atoms with Gasteiger partial charge in [-0.2, -0.15) is 0 Å². The smallest absolute Gasteiger partial charge is 0.128 e. The number of anilines is 1. The Kier molecular flexibility index (Phi) is 4.96. The molecule has 0 saturated carbocycles. The van der Waals surface area contributed by atoms with Crippen LogP contribution in [-0.2, 0) is 6.54 Å². The van der Waals surface area contributed by atoms with Gasteiger partial charge in [-0.05, 0) is 31.9 Å². The van der Waals surface area contributed by atoms with Crippen molar-refractivity contribution in [2.45, 2.75) is 45.8 Å². The Hall–Kier alpha value is -1.88. The van der Waals surface area contributed by atoms with Crippen LogP contribution in [0.15, 0.2) is 37.1 Å². The molecular formula is C18H27N5. The van der Waals surface area contributed by atoms with Crippen LogP contribution in [0, 0.1) is 0 Å². The van der Waals surface area contributed by atoms with Crippen LogP contribution in [0.25, 0.3) is 0 Å². The van der Waals surface area contributed by atoms with Crippen LogP contribution in [-0.4, -0.2) is 51.2 Å². The molecule has 23 heavy (non-hydrogen) atoms. The van der Waals surface area contributed by atoms with Gasteiger partial charge in [0.2, 0.25) is 0 Å². The molecule has 2 aromatic heterocycles. The first-order chi connectivity index (χ1) is 11.2. The number of pyridine rings is 1. The lowest BCUT2D eigenvalue weighted by atomic mass is 10.1. The van der Waals surface area contributed by atoms with Gasteiger partial charge in [-0.15, -0.1) is 0 Å². The quantitative estimate of drug-likeness (QED) is 0.850. The van der Waals surface area contributed by atoms with Crippen molar-refractivity contribution in [2.75, 3.05) is 24.5 Å². The minimum atomic E-state index is 0.618. The average molecular weight is 313 g/mol. The van der Waals surface area contributed by atoms with E-state index in [-0.39, 0.29) is 0 Å². The van der Waals surface area contributed by atoms with Crippen molar-refractivity contribution in [1.82, 2.24) is 19.4 Å². The molecule has 1 aliphatic rings. The van der Waals surface area contributed by atoms with Crippen molar-refractivity contribution in [3.05, 3.63) is 42.6 Å². The fourth-order valence-corrected chi connectivity index (χ4v) is 3.41. The Bertz CT molecular complexity index is 590. The van der Waals surface area contributed by atoms with E-state index in [9.17, 15) is 0 Å². The van der Waals surface area contributed by atoms with Gasteiger partial charge in [0.15, 0.2) is 0 Å². The molecule has 5 nitrogen and oxygen atoms in total. The van der Waals surface area contributed by atoms with Gasteiger partial charge >= 0.3 is 0 Å². The molecular weight excluding hydrogens is 286 g/mol. The van der Waals surface area contributed by atoms with Crippen molar-refractivity contribution in [2.24, 2.45) is 0 Å². The Labute approximate surface area is 139 Å². The van der Waals surface area contributed by atoms with E-state index < -0.39 is 0 Å². The van der Waals surface area contributed by atoms with Crippen LogP contribution in [0.5, 0.6) is 0 Å². The van der Waals surface area contributed by atoms with E-state index in [1.54, 1.807) is 6.20 Å². The molecule has 0 N–H and O–H groups in total. The molecule has 2 aromatic rings. The standard InChI is InChI=1S/C18H27N5/c1-4-17-13-22(9-10-23(17)15(2)3)18-6-5-16(11-20-18)12-21-8-7-19-14-21/h5-8,11,14-15,17H,4,9-10,12-13H2,1-3H3. The first-order valence-corrected chi connectivity index (χ1v) is 8.58. The van der Waals surface area contributed by atoms with E-state index in [1.165, 1.54) is 12.0 Å². The third-order valence-electron chi connectivity index (χ3n) is 4.72. The number of nitrogens with zero attached hydrogens (tertiary/aromatic N) is 5. The molecule has 0 amide bonds. The fourth-order valence-electron chi connectivity index (χ4n) is 3.41. The van der Waals surface area contributed by atoms with Gasteiger partial charge in [0.05, 0.1) is 6.33 Å². The molecule has 3 heterocycles. The summed E-state index contributed by atoms with van der Waals surface area (Å²) >= 11 is 0. The van der Waals surface area contributed by atoms with Crippen molar-refractivity contribution in [3.8, 4) is 0 Å². The zero-order valence-electron chi connectivity index (χ0n) is 14.4. The third kappa shape index (κ3) is 3.72. The van der Waals surface area contributed by atoms with Crippen LogP contribution in [0.4, 0.5) is 5.82 Å². The monoisotopic (exact) mass is 313 g/mol. The average Bonchev–Trinajstić information content (AvgIpc) is 3.08. The molecule has 1 atom stereocenters. The molecule has 0 bridgehead atoms. The SMILES string of the molecule is CCC1CN(c2ccc(Cn3ccnc3)cn2)CCN1C(C)C. The lowest BCUT2D eigenvalue weighted by Crippen LogP contribution is -2.55. The number of aromatic nitrogens is 3. The lowest BCUT2D eigenvalue weighted by molar-refractivity contribution is 0.133. The topological polar surface area (TPSA) is 37.2 Å². The zero-order valence-corrected chi connectivity index (χ0v) is 14.4. The van der Waals surface area contributed by atoms with Crippen LogP contribution in [0.1, 0.15) is 32.8 Å². The summed E-state index contributed by atoms with van der Waals surface area (Å²) in [6, 6.07) is 5.58. The Morgan fingerprint density at radius 1 is 1.26 bits per heavy atom. The van der Waals surface area contributed by atoms with Gasteiger partial charge in [0, 0.05) is 56.9 Å². The van der Waals surface area contributed by atoms with E-state index >= 15 is 0 Å². The highest BCUT2D eigenvalue weighted by molar-refractivity contribution is 5.40. The normalized spacial score (nSPS) is 19.5. The van der Waals surface area contributed by atoms with Crippen LogP contribution in [0.2, 0.25) is 0 Å². The van der Waals surface area contributed by atoms with Gasteiger partial charge in [-0.3, -0.25) is 4.90 Å². The summed E-state index contributed by atoms with van der Waals surface area (Å²) in [5, 5.41) is 0. The summed E-state index contributed by atoms with van der Waals surface area (Å²) in [5.41, 5.74) is 1.21. The molecule has 0 radical (unpaired) electrons. The molecule has 1 unspecified atom stereocenters. The fraction of sp³-hybridized carbons (Fsp3) is 0.556. The maximum Gasteiger partial charge on any atom is 0.128 e. The second-order valence-electron chi connectivity index (χ2n) is 6.60. The van der Waals surface area contributed by atoms with Gasteiger partial charge < -0.3 is 9.47 Å². The third-order valence-corrected chi connectivity index (χ3v) is 4.72. The highest BCUT2D eigenvalue weighted by atomic mass is 15.3. The van der Waals surface area contributed by atoms with Gasteiger partial charge in [-0.25, -0.2) is 9.97 Å². The largest absolute Gasteiger partial charge is 0.354 e. The number of rotatable bonds is 5.